The van der Waals surface area contributed by atoms with Gasteiger partial charge in [0, 0.05) is 18.3 Å². The number of hydrogen-bond acceptors (Lipinski definition) is 5. The number of methoxy groups -OCH3 is 1. The summed E-state index contributed by atoms with van der Waals surface area (Å²) in [6.45, 7) is 4.50. The lowest BCUT2D eigenvalue weighted by atomic mass is 10.1. The smallest absolute Gasteiger partial charge is 0.261 e. The van der Waals surface area contributed by atoms with Crippen molar-refractivity contribution in [2.75, 3.05) is 12.4 Å². The standard InChI is InChI=1S/C20H25N5O3/c1-12(2)25-10-13(9-21-25)22-18(26)16-8-15-17(23-19(16)28-3)11-24(20(15)27)14-6-4-5-7-14/h8-10,12,14H,4-7,11H2,1-3H3,(H,22,26). The van der Waals surface area contributed by atoms with Gasteiger partial charge in [0.25, 0.3) is 11.8 Å². The topological polar surface area (TPSA) is 89.3 Å². The number of amides is 2. The van der Waals surface area contributed by atoms with Crippen molar-refractivity contribution >= 4 is 17.5 Å². The molecule has 1 saturated carbocycles. The zero-order valence-electron chi connectivity index (χ0n) is 16.4. The first-order valence-electron chi connectivity index (χ1n) is 9.72. The monoisotopic (exact) mass is 383 g/mol. The Labute approximate surface area is 163 Å². The fourth-order valence-electron chi connectivity index (χ4n) is 3.94. The minimum Gasteiger partial charge on any atom is -0.480 e. The van der Waals surface area contributed by atoms with Gasteiger partial charge in [-0.05, 0) is 32.8 Å². The van der Waals surface area contributed by atoms with Crippen LogP contribution in [0.5, 0.6) is 5.88 Å². The summed E-state index contributed by atoms with van der Waals surface area (Å²) in [6, 6.07) is 2.08. The number of carbonyl (C=O) groups excluding carboxylic acids is 2. The number of aromatic nitrogens is 3. The highest BCUT2D eigenvalue weighted by molar-refractivity contribution is 6.08. The second-order valence-corrected chi connectivity index (χ2v) is 7.67. The Bertz CT molecular complexity index is 915. The highest BCUT2D eigenvalue weighted by atomic mass is 16.5. The first-order valence-corrected chi connectivity index (χ1v) is 9.72. The summed E-state index contributed by atoms with van der Waals surface area (Å²) in [5, 5.41) is 7.04. The van der Waals surface area contributed by atoms with Crippen LogP contribution in [0.25, 0.3) is 0 Å². The molecule has 2 aromatic heterocycles. The fourth-order valence-corrected chi connectivity index (χ4v) is 3.94. The second kappa shape index (κ2) is 7.26. The van der Waals surface area contributed by atoms with Gasteiger partial charge in [0.05, 0.1) is 36.8 Å². The summed E-state index contributed by atoms with van der Waals surface area (Å²) in [6.07, 6.45) is 7.73. The molecule has 0 unspecified atom stereocenters. The van der Waals surface area contributed by atoms with Crippen molar-refractivity contribution in [2.45, 2.75) is 58.2 Å². The van der Waals surface area contributed by atoms with Crippen LogP contribution in [0, 0.1) is 0 Å². The number of hydrogen-bond donors (Lipinski definition) is 1. The van der Waals surface area contributed by atoms with Gasteiger partial charge in [0.1, 0.15) is 5.56 Å². The predicted molar refractivity (Wildman–Crippen MR) is 103 cm³/mol. The maximum atomic E-state index is 12.9. The first kappa shape index (κ1) is 18.5. The molecule has 0 bridgehead atoms. The molecule has 1 fully saturated rings. The molecule has 1 N–H and O–H groups in total. The van der Waals surface area contributed by atoms with Crippen LogP contribution >= 0.6 is 0 Å². The van der Waals surface area contributed by atoms with Gasteiger partial charge in [-0.3, -0.25) is 14.3 Å². The van der Waals surface area contributed by atoms with E-state index in [4.69, 9.17) is 4.74 Å². The molecule has 3 heterocycles. The van der Waals surface area contributed by atoms with E-state index in [1.54, 1.807) is 23.1 Å². The van der Waals surface area contributed by atoms with E-state index in [9.17, 15) is 9.59 Å². The maximum absolute atomic E-state index is 12.9. The largest absolute Gasteiger partial charge is 0.480 e. The molecule has 0 aromatic carbocycles. The lowest BCUT2D eigenvalue weighted by Gasteiger charge is -2.22. The average Bonchev–Trinajstić information content (AvgIpc) is 3.41. The first-order chi connectivity index (χ1) is 13.5. The summed E-state index contributed by atoms with van der Waals surface area (Å²) >= 11 is 0. The van der Waals surface area contributed by atoms with E-state index in [0.717, 1.165) is 25.7 Å². The number of ether oxygens (including phenoxy) is 1. The summed E-state index contributed by atoms with van der Waals surface area (Å²) in [7, 11) is 1.48. The number of nitrogens with zero attached hydrogens (tertiary/aromatic N) is 4. The van der Waals surface area contributed by atoms with Crippen molar-refractivity contribution in [1.82, 2.24) is 19.7 Å². The quantitative estimate of drug-likeness (QED) is 0.857. The average molecular weight is 383 g/mol. The van der Waals surface area contributed by atoms with Crippen LogP contribution in [0.3, 0.4) is 0 Å². The summed E-state index contributed by atoms with van der Waals surface area (Å²) in [4.78, 5) is 32.1. The van der Waals surface area contributed by atoms with Gasteiger partial charge in [0.2, 0.25) is 5.88 Å². The highest BCUT2D eigenvalue weighted by Gasteiger charge is 2.36. The van der Waals surface area contributed by atoms with E-state index < -0.39 is 0 Å². The Kier molecular flexibility index (Phi) is 4.78. The van der Waals surface area contributed by atoms with Gasteiger partial charge in [-0.15, -0.1) is 0 Å². The Morgan fingerprint density at radius 3 is 2.71 bits per heavy atom. The van der Waals surface area contributed by atoms with Crippen LogP contribution in [0.4, 0.5) is 5.69 Å². The third-order valence-electron chi connectivity index (χ3n) is 5.47. The third-order valence-corrected chi connectivity index (χ3v) is 5.47. The third kappa shape index (κ3) is 3.23. The zero-order valence-corrected chi connectivity index (χ0v) is 16.4. The Balaban J connectivity index is 1.59. The number of fused-ring (bicyclic) bond motifs is 1. The maximum Gasteiger partial charge on any atom is 0.261 e. The van der Waals surface area contributed by atoms with E-state index in [-0.39, 0.29) is 35.3 Å². The molecule has 8 heteroatoms. The van der Waals surface area contributed by atoms with Crippen molar-refractivity contribution in [3.63, 3.8) is 0 Å². The van der Waals surface area contributed by atoms with E-state index in [2.05, 4.69) is 15.4 Å². The second-order valence-electron chi connectivity index (χ2n) is 7.67. The molecule has 0 radical (unpaired) electrons. The minimum absolute atomic E-state index is 0.0428. The molecule has 8 nitrogen and oxygen atoms in total. The SMILES string of the molecule is COc1nc2c(cc1C(=O)Nc1cnn(C(C)C)c1)C(=O)N(C1CCCC1)C2. The number of carbonyl (C=O) groups is 2. The van der Waals surface area contributed by atoms with Crippen LogP contribution in [-0.2, 0) is 6.54 Å². The van der Waals surface area contributed by atoms with E-state index in [1.165, 1.54) is 7.11 Å². The molecule has 2 amide bonds. The van der Waals surface area contributed by atoms with Crippen LogP contribution in [0.15, 0.2) is 18.5 Å². The molecular formula is C20H25N5O3. The van der Waals surface area contributed by atoms with Crippen LogP contribution in [-0.4, -0.2) is 44.6 Å². The Morgan fingerprint density at radius 2 is 2.07 bits per heavy atom. The summed E-state index contributed by atoms with van der Waals surface area (Å²) < 4.78 is 7.11. The lowest BCUT2D eigenvalue weighted by molar-refractivity contribution is 0.0706. The van der Waals surface area contributed by atoms with Gasteiger partial charge >= 0.3 is 0 Å². The molecular weight excluding hydrogens is 358 g/mol. The van der Waals surface area contributed by atoms with Gasteiger partial charge < -0.3 is 15.0 Å². The van der Waals surface area contributed by atoms with Crippen molar-refractivity contribution in [2.24, 2.45) is 0 Å². The molecule has 148 valence electrons. The number of rotatable bonds is 5. The Morgan fingerprint density at radius 1 is 1.32 bits per heavy atom. The number of anilines is 1. The fraction of sp³-hybridized carbons (Fsp3) is 0.500. The molecule has 2 aliphatic rings. The van der Waals surface area contributed by atoms with E-state index >= 15 is 0 Å². The molecule has 1 aliphatic heterocycles. The molecule has 0 saturated heterocycles. The molecule has 0 spiro atoms. The number of pyridine rings is 1. The van der Waals surface area contributed by atoms with Crippen molar-refractivity contribution in [1.29, 1.82) is 0 Å². The van der Waals surface area contributed by atoms with Crippen LogP contribution in [0.2, 0.25) is 0 Å². The van der Waals surface area contributed by atoms with Crippen molar-refractivity contribution in [3.8, 4) is 5.88 Å². The van der Waals surface area contributed by atoms with Gasteiger partial charge in [-0.1, -0.05) is 12.8 Å². The van der Waals surface area contributed by atoms with Gasteiger partial charge in [0.15, 0.2) is 0 Å². The molecule has 2 aromatic rings. The molecule has 4 rings (SSSR count). The van der Waals surface area contributed by atoms with Crippen LogP contribution < -0.4 is 10.1 Å². The van der Waals surface area contributed by atoms with Gasteiger partial charge in [-0.2, -0.15) is 5.10 Å². The normalized spacial score (nSPS) is 16.7. The summed E-state index contributed by atoms with van der Waals surface area (Å²) in [5.74, 6) is -0.185. The van der Waals surface area contributed by atoms with Gasteiger partial charge in [-0.25, -0.2) is 4.98 Å². The molecule has 0 atom stereocenters. The molecule has 28 heavy (non-hydrogen) atoms. The molecule has 1 aliphatic carbocycles. The highest BCUT2D eigenvalue weighted by Crippen LogP contribution is 2.33. The van der Waals surface area contributed by atoms with Crippen molar-refractivity contribution < 1.29 is 14.3 Å². The van der Waals surface area contributed by atoms with E-state index in [0.29, 0.717) is 23.5 Å². The Hall–Kier alpha value is -2.90. The lowest BCUT2D eigenvalue weighted by Crippen LogP contribution is -2.33. The number of nitrogens with one attached hydrogen (secondary N) is 1. The van der Waals surface area contributed by atoms with Crippen LogP contribution in [0.1, 0.15) is 72.0 Å². The van der Waals surface area contributed by atoms with E-state index in [1.807, 2.05) is 18.7 Å². The minimum atomic E-state index is -0.373. The van der Waals surface area contributed by atoms with Crippen molar-refractivity contribution in [3.05, 3.63) is 35.3 Å². The summed E-state index contributed by atoms with van der Waals surface area (Å²) in [5.41, 5.74) is 2.01. The predicted octanol–water partition coefficient (Wildman–Crippen LogP) is 3.02. The zero-order chi connectivity index (χ0) is 19.8.